The Hall–Kier alpha value is -2.77. The molecule has 0 aliphatic carbocycles. The topological polar surface area (TPSA) is 62.1 Å². The molecule has 0 aliphatic rings. The van der Waals surface area contributed by atoms with Crippen LogP contribution in [0.5, 0.6) is 5.75 Å². The maximum absolute atomic E-state index is 12.3. The molecule has 2 rings (SSSR count). The molecule has 2 aromatic rings. The summed E-state index contributed by atoms with van der Waals surface area (Å²) in [6.45, 7) is 1.85. The minimum absolute atomic E-state index is 0.00220. The molecule has 116 valence electrons. The van der Waals surface area contributed by atoms with Crippen LogP contribution in [0.4, 0.5) is 5.69 Å². The number of rotatable bonds is 4. The lowest BCUT2D eigenvalue weighted by Crippen LogP contribution is -2.14. The first-order valence-electron chi connectivity index (χ1n) is 6.87. The van der Waals surface area contributed by atoms with Gasteiger partial charge in [0.2, 0.25) is 0 Å². The van der Waals surface area contributed by atoms with Crippen molar-refractivity contribution < 1.29 is 9.53 Å². The smallest absolute Gasteiger partial charge is 0.266 e. The summed E-state index contributed by atoms with van der Waals surface area (Å²) < 4.78 is 5.13. The molecule has 0 saturated heterocycles. The van der Waals surface area contributed by atoms with E-state index in [2.05, 4.69) is 5.32 Å². The van der Waals surface area contributed by atoms with Gasteiger partial charge in [-0.05, 0) is 48.4 Å². The van der Waals surface area contributed by atoms with Crippen molar-refractivity contribution in [1.29, 1.82) is 5.26 Å². The third kappa shape index (κ3) is 4.35. The van der Waals surface area contributed by atoms with Crippen molar-refractivity contribution >= 4 is 29.3 Å². The Kier molecular flexibility index (Phi) is 5.40. The Balaban J connectivity index is 2.26. The zero-order chi connectivity index (χ0) is 16.8. The highest BCUT2D eigenvalue weighted by atomic mass is 35.5. The van der Waals surface area contributed by atoms with Gasteiger partial charge < -0.3 is 10.1 Å². The average molecular weight is 327 g/mol. The SMILES string of the molecule is COc1cccc(/C=C(\C#N)C(=O)Nc2cc(Cl)ccc2C)c1. The number of nitrogens with one attached hydrogen (secondary N) is 1. The molecule has 0 unspecified atom stereocenters. The summed E-state index contributed by atoms with van der Waals surface area (Å²) in [5, 5.41) is 12.5. The number of carbonyl (C=O) groups is 1. The van der Waals surface area contributed by atoms with E-state index in [1.165, 1.54) is 6.08 Å². The first-order valence-corrected chi connectivity index (χ1v) is 7.24. The Morgan fingerprint density at radius 2 is 2.09 bits per heavy atom. The van der Waals surface area contributed by atoms with Gasteiger partial charge in [-0.3, -0.25) is 4.79 Å². The zero-order valence-corrected chi connectivity index (χ0v) is 13.5. The number of carbonyl (C=O) groups excluding carboxylic acids is 1. The fourth-order valence-electron chi connectivity index (χ4n) is 1.97. The molecular weight excluding hydrogens is 312 g/mol. The number of halogens is 1. The molecule has 0 fully saturated rings. The van der Waals surface area contributed by atoms with Crippen molar-refractivity contribution in [1.82, 2.24) is 0 Å². The predicted molar refractivity (Wildman–Crippen MR) is 91.4 cm³/mol. The first kappa shape index (κ1) is 16.6. The minimum Gasteiger partial charge on any atom is -0.497 e. The zero-order valence-electron chi connectivity index (χ0n) is 12.8. The van der Waals surface area contributed by atoms with E-state index in [4.69, 9.17) is 16.3 Å². The molecule has 0 bridgehead atoms. The van der Waals surface area contributed by atoms with Crippen molar-refractivity contribution in [2.24, 2.45) is 0 Å². The van der Waals surface area contributed by atoms with Crippen LogP contribution in [-0.2, 0) is 4.79 Å². The molecule has 0 saturated carbocycles. The number of nitriles is 1. The molecule has 23 heavy (non-hydrogen) atoms. The average Bonchev–Trinajstić information content (AvgIpc) is 2.56. The summed E-state index contributed by atoms with van der Waals surface area (Å²) in [6.07, 6.45) is 1.51. The van der Waals surface area contributed by atoms with Crippen LogP contribution in [0.2, 0.25) is 5.02 Å². The Morgan fingerprint density at radius 1 is 1.30 bits per heavy atom. The third-order valence-corrected chi connectivity index (χ3v) is 3.45. The van der Waals surface area contributed by atoms with Gasteiger partial charge in [0, 0.05) is 10.7 Å². The number of nitrogens with zero attached hydrogens (tertiary/aromatic N) is 1. The molecule has 0 heterocycles. The number of anilines is 1. The van der Waals surface area contributed by atoms with Crippen LogP contribution in [0.15, 0.2) is 48.0 Å². The van der Waals surface area contributed by atoms with Gasteiger partial charge in [0.15, 0.2) is 0 Å². The lowest BCUT2D eigenvalue weighted by atomic mass is 10.1. The lowest BCUT2D eigenvalue weighted by molar-refractivity contribution is -0.112. The number of hydrogen-bond donors (Lipinski definition) is 1. The Bertz CT molecular complexity index is 807. The molecular formula is C18H15ClN2O2. The van der Waals surface area contributed by atoms with E-state index >= 15 is 0 Å². The van der Waals surface area contributed by atoms with Gasteiger partial charge in [-0.1, -0.05) is 29.8 Å². The van der Waals surface area contributed by atoms with Crippen LogP contribution in [-0.4, -0.2) is 13.0 Å². The highest BCUT2D eigenvalue weighted by Crippen LogP contribution is 2.21. The number of ether oxygens (including phenoxy) is 1. The maximum Gasteiger partial charge on any atom is 0.266 e. The second kappa shape index (κ2) is 7.48. The minimum atomic E-state index is -0.485. The van der Waals surface area contributed by atoms with Crippen molar-refractivity contribution in [2.75, 3.05) is 12.4 Å². The van der Waals surface area contributed by atoms with Crippen LogP contribution in [0.3, 0.4) is 0 Å². The third-order valence-electron chi connectivity index (χ3n) is 3.22. The monoisotopic (exact) mass is 326 g/mol. The summed E-state index contributed by atoms with van der Waals surface area (Å²) in [5.74, 6) is 0.169. The molecule has 0 radical (unpaired) electrons. The van der Waals surface area contributed by atoms with Crippen molar-refractivity contribution in [2.45, 2.75) is 6.92 Å². The van der Waals surface area contributed by atoms with Crippen LogP contribution in [0.25, 0.3) is 6.08 Å². The van der Waals surface area contributed by atoms with Crippen LogP contribution >= 0.6 is 11.6 Å². The van der Waals surface area contributed by atoms with Crippen LogP contribution < -0.4 is 10.1 Å². The maximum atomic E-state index is 12.3. The second-order valence-electron chi connectivity index (χ2n) is 4.86. The fraction of sp³-hybridized carbons (Fsp3) is 0.111. The van der Waals surface area contributed by atoms with Gasteiger partial charge >= 0.3 is 0 Å². The van der Waals surface area contributed by atoms with Gasteiger partial charge in [0.05, 0.1) is 7.11 Å². The van der Waals surface area contributed by atoms with E-state index in [9.17, 15) is 10.1 Å². The van der Waals surface area contributed by atoms with Gasteiger partial charge in [0.1, 0.15) is 17.4 Å². The molecule has 0 aliphatic heterocycles. The number of benzene rings is 2. The van der Waals surface area contributed by atoms with E-state index in [0.717, 1.165) is 5.56 Å². The predicted octanol–water partition coefficient (Wildman–Crippen LogP) is 4.20. The normalized spacial score (nSPS) is 10.8. The molecule has 5 heteroatoms. The first-order chi connectivity index (χ1) is 11.0. The lowest BCUT2D eigenvalue weighted by Gasteiger charge is -2.08. The van der Waals surface area contributed by atoms with E-state index in [1.807, 2.05) is 13.0 Å². The van der Waals surface area contributed by atoms with Crippen molar-refractivity contribution in [3.63, 3.8) is 0 Å². The van der Waals surface area contributed by atoms with E-state index in [-0.39, 0.29) is 5.57 Å². The summed E-state index contributed by atoms with van der Waals surface area (Å²) in [4.78, 5) is 12.3. The van der Waals surface area contributed by atoms with E-state index < -0.39 is 5.91 Å². The number of methoxy groups -OCH3 is 1. The van der Waals surface area contributed by atoms with Gasteiger partial charge in [-0.15, -0.1) is 0 Å². The van der Waals surface area contributed by atoms with Crippen LogP contribution in [0, 0.1) is 18.3 Å². The number of aryl methyl sites for hydroxylation is 1. The standard InChI is InChI=1S/C18H15ClN2O2/c1-12-6-7-15(19)10-17(12)21-18(22)14(11-20)8-13-4-3-5-16(9-13)23-2/h3-10H,1-2H3,(H,21,22)/b14-8+. The van der Waals surface area contributed by atoms with E-state index in [0.29, 0.717) is 22.0 Å². The van der Waals surface area contributed by atoms with Crippen LogP contribution in [0.1, 0.15) is 11.1 Å². The largest absolute Gasteiger partial charge is 0.497 e. The summed E-state index contributed by atoms with van der Waals surface area (Å²) >= 11 is 5.93. The highest BCUT2D eigenvalue weighted by Gasteiger charge is 2.11. The molecule has 1 amide bonds. The summed E-state index contributed by atoms with van der Waals surface area (Å²) in [5.41, 5.74) is 2.15. The van der Waals surface area contributed by atoms with E-state index in [1.54, 1.807) is 49.6 Å². The molecule has 4 nitrogen and oxygen atoms in total. The summed E-state index contributed by atoms with van der Waals surface area (Å²) in [7, 11) is 1.56. The van der Waals surface area contributed by atoms with Crippen molar-refractivity contribution in [3.8, 4) is 11.8 Å². The molecule has 0 aromatic heterocycles. The van der Waals surface area contributed by atoms with Gasteiger partial charge in [-0.25, -0.2) is 0 Å². The van der Waals surface area contributed by atoms with Gasteiger partial charge in [0.25, 0.3) is 5.91 Å². The highest BCUT2D eigenvalue weighted by molar-refractivity contribution is 6.31. The summed E-state index contributed by atoms with van der Waals surface area (Å²) in [6, 6.07) is 14.2. The quantitative estimate of drug-likeness (QED) is 0.676. The molecule has 2 aromatic carbocycles. The molecule has 1 N–H and O–H groups in total. The molecule has 0 atom stereocenters. The number of amides is 1. The Labute approximate surface area is 140 Å². The second-order valence-corrected chi connectivity index (χ2v) is 5.30. The number of hydrogen-bond acceptors (Lipinski definition) is 3. The van der Waals surface area contributed by atoms with Gasteiger partial charge in [-0.2, -0.15) is 5.26 Å². The fourth-order valence-corrected chi connectivity index (χ4v) is 2.14. The molecule has 0 spiro atoms. The van der Waals surface area contributed by atoms with Crippen molar-refractivity contribution in [3.05, 3.63) is 64.2 Å². The Morgan fingerprint density at radius 3 is 2.78 bits per heavy atom.